The van der Waals surface area contributed by atoms with Gasteiger partial charge in [0.2, 0.25) is 22.3 Å². The van der Waals surface area contributed by atoms with Gasteiger partial charge in [0.15, 0.2) is 0 Å². The van der Waals surface area contributed by atoms with Crippen LogP contribution in [0.2, 0.25) is 0 Å². The molecule has 2 N–H and O–H groups in total. The minimum Gasteiger partial charge on any atom is -0.495 e. The van der Waals surface area contributed by atoms with Crippen molar-refractivity contribution in [2.45, 2.75) is 4.90 Å². The highest BCUT2D eigenvalue weighted by Gasteiger charge is 2.18. The molecule has 3 aromatic rings. The quantitative estimate of drug-likeness (QED) is 0.784. The highest BCUT2D eigenvalue weighted by Crippen LogP contribution is 2.34. The van der Waals surface area contributed by atoms with E-state index in [-0.39, 0.29) is 10.6 Å². The molecule has 0 atom stereocenters. The van der Waals surface area contributed by atoms with Crippen molar-refractivity contribution in [1.82, 2.24) is 10.2 Å². The van der Waals surface area contributed by atoms with Crippen LogP contribution < -0.4 is 9.88 Å². The van der Waals surface area contributed by atoms with Gasteiger partial charge in [0, 0.05) is 5.56 Å². The minimum atomic E-state index is -3.92. The summed E-state index contributed by atoms with van der Waals surface area (Å²) in [5.41, 5.74) is 2.07. The molecule has 3 rings (SSSR count). The molecule has 0 saturated carbocycles. The van der Waals surface area contributed by atoms with Gasteiger partial charge in [-0.05, 0) is 29.3 Å². The largest absolute Gasteiger partial charge is 0.495 e. The van der Waals surface area contributed by atoms with Crippen LogP contribution in [0.4, 0.5) is 0 Å². The molecule has 0 saturated heterocycles. The number of hydrogen-bond acceptors (Lipinski definition) is 6. The maximum Gasteiger partial charge on any atom is 0.248 e. The molecular weight excluding hydrogens is 318 g/mol. The molecule has 0 radical (unpaired) electrons. The van der Waals surface area contributed by atoms with Gasteiger partial charge in [-0.25, -0.2) is 13.6 Å². The zero-order valence-corrected chi connectivity index (χ0v) is 12.9. The van der Waals surface area contributed by atoms with Crippen molar-refractivity contribution >= 4 is 10.0 Å². The Morgan fingerprint density at radius 3 is 2.48 bits per heavy atom. The number of sulfonamides is 1. The van der Waals surface area contributed by atoms with Crippen LogP contribution in [0.25, 0.3) is 22.6 Å². The van der Waals surface area contributed by atoms with E-state index in [0.717, 1.165) is 5.56 Å². The van der Waals surface area contributed by atoms with E-state index in [0.29, 0.717) is 17.0 Å². The molecule has 0 unspecified atom stereocenters. The van der Waals surface area contributed by atoms with Gasteiger partial charge >= 0.3 is 0 Å². The molecule has 23 heavy (non-hydrogen) atoms. The summed E-state index contributed by atoms with van der Waals surface area (Å²) in [6.45, 7) is 0. The smallest absolute Gasteiger partial charge is 0.248 e. The number of nitrogens with zero attached hydrogens (tertiary/aromatic N) is 2. The summed E-state index contributed by atoms with van der Waals surface area (Å²) in [6, 6.07) is 12.0. The van der Waals surface area contributed by atoms with Crippen LogP contribution in [0, 0.1) is 0 Å². The number of ether oxygens (including phenoxy) is 1. The lowest BCUT2D eigenvalue weighted by Gasteiger charge is -2.11. The Kier molecular flexibility index (Phi) is 3.85. The first-order valence-corrected chi connectivity index (χ1v) is 8.12. The summed E-state index contributed by atoms with van der Waals surface area (Å²) in [4.78, 5) is -0.0853. The van der Waals surface area contributed by atoms with Crippen molar-refractivity contribution in [2.75, 3.05) is 7.11 Å². The maximum absolute atomic E-state index is 11.8. The predicted molar refractivity (Wildman–Crippen MR) is 83.1 cm³/mol. The highest BCUT2D eigenvalue weighted by atomic mass is 32.2. The predicted octanol–water partition coefficient (Wildman–Crippen LogP) is 2.06. The zero-order valence-electron chi connectivity index (χ0n) is 12.1. The molecule has 0 aliphatic rings. The number of nitrogens with two attached hydrogens (primary N) is 1. The van der Waals surface area contributed by atoms with Crippen LogP contribution >= 0.6 is 0 Å². The summed E-state index contributed by atoms with van der Waals surface area (Å²) >= 11 is 0. The Morgan fingerprint density at radius 2 is 1.87 bits per heavy atom. The number of rotatable bonds is 4. The number of aromatic nitrogens is 2. The van der Waals surface area contributed by atoms with Gasteiger partial charge in [-0.2, -0.15) is 0 Å². The monoisotopic (exact) mass is 331 g/mol. The zero-order chi connectivity index (χ0) is 16.4. The van der Waals surface area contributed by atoms with Gasteiger partial charge in [0.25, 0.3) is 0 Å². The molecule has 1 aromatic heterocycles. The van der Waals surface area contributed by atoms with Crippen molar-refractivity contribution in [3.05, 3.63) is 48.9 Å². The molecule has 0 amide bonds. The van der Waals surface area contributed by atoms with Crippen molar-refractivity contribution in [3.63, 3.8) is 0 Å². The third kappa shape index (κ3) is 2.94. The van der Waals surface area contributed by atoms with E-state index in [1.165, 1.54) is 19.6 Å². The van der Waals surface area contributed by atoms with Crippen LogP contribution in [0.15, 0.2) is 58.2 Å². The van der Waals surface area contributed by atoms with Crippen molar-refractivity contribution < 1.29 is 17.6 Å². The van der Waals surface area contributed by atoms with Gasteiger partial charge < -0.3 is 9.15 Å². The Hall–Kier alpha value is -2.71. The molecule has 0 spiro atoms. The molecule has 2 aromatic carbocycles. The van der Waals surface area contributed by atoms with Crippen molar-refractivity contribution in [3.8, 4) is 28.3 Å². The average Bonchev–Trinajstić information content (AvgIpc) is 3.08. The Morgan fingerprint density at radius 1 is 1.13 bits per heavy atom. The molecule has 0 aliphatic carbocycles. The fourth-order valence-corrected chi connectivity index (χ4v) is 3.00. The average molecular weight is 331 g/mol. The lowest BCUT2D eigenvalue weighted by atomic mass is 9.99. The number of benzene rings is 2. The second-order valence-electron chi connectivity index (χ2n) is 4.70. The van der Waals surface area contributed by atoms with Gasteiger partial charge in [0.1, 0.15) is 10.6 Å². The normalized spacial score (nSPS) is 11.4. The highest BCUT2D eigenvalue weighted by molar-refractivity contribution is 7.89. The Balaban J connectivity index is 2.21. The summed E-state index contributed by atoms with van der Waals surface area (Å²) in [7, 11) is -2.53. The molecule has 0 fully saturated rings. The molecule has 1 heterocycles. The lowest BCUT2D eigenvalue weighted by Crippen LogP contribution is -2.13. The third-order valence-corrected chi connectivity index (χ3v) is 4.23. The Bertz CT molecular complexity index is 937. The summed E-state index contributed by atoms with van der Waals surface area (Å²) in [6.07, 6.45) is 1.23. The van der Waals surface area contributed by atoms with Gasteiger partial charge in [0.05, 0.1) is 7.11 Å². The van der Waals surface area contributed by atoms with Crippen LogP contribution in [0.3, 0.4) is 0 Å². The number of primary sulfonamides is 1. The van der Waals surface area contributed by atoms with Crippen LogP contribution in [0.1, 0.15) is 0 Å². The fraction of sp³-hybridized carbons (Fsp3) is 0.0667. The van der Waals surface area contributed by atoms with E-state index in [1.807, 2.05) is 24.3 Å². The molecule has 0 aliphatic heterocycles. The van der Waals surface area contributed by atoms with Gasteiger partial charge in [-0.15, -0.1) is 10.2 Å². The molecule has 0 bridgehead atoms. The number of methoxy groups -OCH3 is 1. The van der Waals surface area contributed by atoms with E-state index in [1.54, 1.807) is 12.1 Å². The van der Waals surface area contributed by atoms with Gasteiger partial charge in [-0.3, -0.25) is 0 Å². The third-order valence-electron chi connectivity index (χ3n) is 3.30. The van der Waals surface area contributed by atoms with E-state index in [4.69, 9.17) is 14.3 Å². The molecule has 118 valence electrons. The first-order valence-electron chi connectivity index (χ1n) is 6.57. The SMILES string of the molecule is COc1ccc(-c2ccccc2-c2nnco2)cc1S(N)(=O)=O. The molecule has 7 nitrogen and oxygen atoms in total. The topological polar surface area (TPSA) is 108 Å². The van der Waals surface area contributed by atoms with Crippen LogP contribution in [-0.2, 0) is 10.0 Å². The van der Waals surface area contributed by atoms with Crippen LogP contribution in [0.5, 0.6) is 5.75 Å². The Labute approximate surface area is 132 Å². The number of hydrogen-bond donors (Lipinski definition) is 1. The maximum atomic E-state index is 11.8. The van der Waals surface area contributed by atoms with Crippen LogP contribution in [-0.4, -0.2) is 25.7 Å². The van der Waals surface area contributed by atoms with E-state index in [2.05, 4.69) is 10.2 Å². The second-order valence-corrected chi connectivity index (χ2v) is 6.23. The van der Waals surface area contributed by atoms with Gasteiger partial charge in [-0.1, -0.05) is 24.3 Å². The second kappa shape index (κ2) is 5.82. The van der Waals surface area contributed by atoms with E-state index < -0.39 is 10.0 Å². The first-order chi connectivity index (χ1) is 11.0. The fourth-order valence-electron chi connectivity index (χ4n) is 2.28. The molecular formula is C15H13N3O4S. The van der Waals surface area contributed by atoms with Crippen molar-refractivity contribution in [2.24, 2.45) is 5.14 Å². The molecule has 8 heteroatoms. The van der Waals surface area contributed by atoms with E-state index >= 15 is 0 Å². The van der Waals surface area contributed by atoms with E-state index in [9.17, 15) is 8.42 Å². The summed E-state index contributed by atoms with van der Waals surface area (Å²) < 4.78 is 33.8. The lowest BCUT2D eigenvalue weighted by molar-refractivity contribution is 0.403. The summed E-state index contributed by atoms with van der Waals surface area (Å²) in [5.74, 6) is 0.528. The summed E-state index contributed by atoms with van der Waals surface area (Å²) in [5, 5.41) is 12.8. The minimum absolute atomic E-state index is 0.0853. The van der Waals surface area contributed by atoms with Crippen molar-refractivity contribution in [1.29, 1.82) is 0 Å². The standard InChI is InChI=1S/C15H13N3O4S/c1-21-13-7-6-10(8-14(13)23(16,19)20)11-4-2-3-5-12(11)15-18-17-9-22-15/h2-9H,1H3,(H2,16,19,20). The first kappa shape index (κ1) is 15.2.